The van der Waals surface area contributed by atoms with Crippen molar-refractivity contribution in [2.75, 3.05) is 13.2 Å². The van der Waals surface area contributed by atoms with Gasteiger partial charge in [0.15, 0.2) is 0 Å². The Morgan fingerprint density at radius 2 is 2.16 bits per heavy atom. The van der Waals surface area contributed by atoms with E-state index in [1.807, 2.05) is 25.1 Å². The molecule has 1 aliphatic carbocycles. The Balaban J connectivity index is 1.96. The van der Waals surface area contributed by atoms with Crippen molar-refractivity contribution in [1.82, 2.24) is 5.32 Å². The van der Waals surface area contributed by atoms with Crippen LogP contribution in [0.2, 0.25) is 0 Å². The molecule has 1 aromatic rings. The molecule has 1 fully saturated rings. The van der Waals surface area contributed by atoms with Gasteiger partial charge < -0.3 is 10.4 Å². The van der Waals surface area contributed by atoms with Crippen LogP contribution in [0.1, 0.15) is 35.2 Å². The van der Waals surface area contributed by atoms with E-state index >= 15 is 0 Å². The van der Waals surface area contributed by atoms with E-state index in [9.17, 15) is 9.90 Å². The van der Waals surface area contributed by atoms with Gasteiger partial charge in [0, 0.05) is 23.2 Å². The van der Waals surface area contributed by atoms with Gasteiger partial charge in [0.05, 0.1) is 0 Å². The van der Waals surface area contributed by atoms with Crippen LogP contribution in [-0.4, -0.2) is 24.2 Å². The molecule has 1 aromatic carbocycles. The molecule has 2 N–H and O–H groups in total. The van der Waals surface area contributed by atoms with E-state index < -0.39 is 0 Å². The zero-order valence-corrected chi connectivity index (χ0v) is 12.7. The monoisotopic (exact) mass is 325 g/mol. The Kier molecular flexibility index (Phi) is 4.99. The maximum Gasteiger partial charge on any atom is 0.251 e. The van der Waals surface area contributed by atoms with E-state index in [4.69, 9.17) is 0 Å². The zero-order chi connectivity index (χ0) is 13.8. The standard InChI is InChI=1S/C15H20BrNO2/c1-10-13(6-3-7-14(10)16)15(19)17-8-11-4-2-5-12(11)9-18/h3,6-7,11-12,18H,2,4-5,8-9H2,1H3,(H,17,19). The SMILES string of the molecule is Cc1c(Br)cccc1C(=O)NCC1CCCC1CO. The molecule has 2 rings (SSSR count). The van der Waals surface area contributed by atoms with E-state index in [1.165, 1.54) is 0 Å². The fraction of sp³-hybridized carbons (Fsp3) is 0.533. The average molecular weight is 326 g/mol. The molecule has 0 bridgehead atoms. The molecular formula is C15H20BrNO2. The topological polar surface area (TPSA) is 49.3 Å². The van der Waals surface area contributed by atoms with E-state index in [2.05, 4.69) is 21.2 Å². The van der Waals surface area contributed by atoms with Gasteiger partial charge >= 0.3 is 0 Å². The van der Waals surface area contributed by atoms with Gasteiger partial charge in [0.25, 0.3) is 5.91 Å². The summed E-state index contributed by atoms with van der Waals surface area (Å²) in [6, 6.07) is 5.65. The fourth-order valence-corrected chi connectivity index (χ4v) is 3.16. The predicted molar refractivity (Wildman–Crippen MR) is 79.1 cm³/mol. The molecule has 0 spiro atoms. The van der Waals surface area contributed by atoms with Gasteiger partial charge in [0.1, 0.15) is 0 Å². The molecule has 1 saturated carbocycles. The summed E-state index contributed by atoms with van der Waals surface area (Å²) >= 11 is 3.44. The summed E-state index contributed by atoms with van der Waals surface area (Å²) in [5.74, 6) is 0.743. The molecule has 0 radical (unpaired) electrons. The molecule has 0 aromatic heterocycles. The molecular weight excluding hydrogens is 306 g/mol. The number of amides is 1. The molecule has 2 unspecified atom stereocenters. The zero-order valence-electron chi connectivity index (χ0n) is 11.2. The molecule has 0 saturated heterocycles. The summed E-state index contributed by atoms with van der Waals surface area (Å²) in [4.78, 5) is 12.2. The molecule has 0 heterocycles. The lowest BCUT2D eigenvalue weighted by atomic mass is 9.97. The summed E-state index contributed by atoms with van der Waals surface area (Å²) in [5.41, 5.74) is 1.68. The highest BCUT2D eigenvalue weighted by Crippen LogP contribution is 2.30. The number of benzene rings is 1. The van der Waals surface area contributed by atoms with Crippen LogP contribution in [-0.2, 0) is 0 Å². The number of nitrogens with one attached hydrogen (secondary N) is 1. The van der Waals surface area contributed by atoms with Crippen molar-refractivity contribution in [3.05, 3.63) is 33.8 Å². The summed E-state index contributed by atoms with van der Waals surface area (Å²) in [5, 5.41) is 12.3. The maximum atomic E-state index is 12.2. The van der Waals surface area contributed by atoms with E-state index in [0.29, 0.717) is 23.9 Å². The van der Waals surface area contributed by atoms with Crippen LogP contribution in [0.4, 0.5) is 0 Å². The number of rotatable bonds is 4. The first kappa shape index (κ1) is 14.5. The molecule has 104 valence electrons. The van der Waals surface area contributed by atoms with Crippen LogP contribution >= 0.6 is 15.9 Å². The number of halogens is 1. The minimum atomic E-state index is -0.0256. The minimum Gasteiger partial charge on any atom is -0.396 e. The van der Waals surface area contributed by atoms with Crippen LogP contribution in [0.15, 0.2) is 22.7 Å². The first-order chi connectivity index (χ1) is 9.13. The minimum absolute atomic E-state index is 0.0256. The van der Waals surface area contributed by atoms with Crippen molar-refractivity contribution in [2.45, 2.75) is 26.2 Å². The molecule has 0 aliphatic heterocycles. The number of carbonyl (C=O) groups is 1. The first-order valence-electron chi connectivity index (χ1n) is 6.77. The van der Waals surface area contributed by atoms with Crippen LogP contribution in [0.5, 0.6) is 0 Å². The highest BCUT2D eigenvalue weighted by Gasteiger charge is 2.26. The van der Waals surface area contributed by atoms with Gasteiger partial charge in [-0.1, -0.05) is 28.4 Å². The molecule has 1 amide bonds. The number of hydrogen-bond acceptors (Lipinski definition) is 2. The lowest BCUT2D eigenvalue weighted by Gasteiger charge is -2.18. The second-order valence-corrected chi connectivity index (χ2v) is 6.11. The lowest BCUT2D eigenvalue weighted by Crippen LogP contribution is -2.32. The number of aliphatic hydroxyl groups excluding tert-OH is 1. The van der Waals surface area contributed by atoms with Gasteiger partial charge in [-0.15, -0.1) is 0 Å². The highest BCUT2D eigenvalue weighted by atomic mass is 79.9. The Bertz CT molecular complexity index is 461. The normalized spacial score (nSPS) is 22.5. The van der Waals surface area contributed by atoms with Gasteiger partial charge in [-0.25, -0.2) is 0 Å². The van der Waals surface area contributed by atoms with Gasteiger partial charge in [-0.3, -0.25) is 4.79 Å². The van der Waals surface area contributed by atoms with Crippen molar-refractivity contribution >= 4 is 21.8 Å². The third kappa shape index (κ3) is 3.37. The van der Waals surface area contributed by atoms with E-state index in [1.54, 1.807) is 0 Å². The predicted octanol–water partition coefficient (Wildman–Crippen LogP) is 2.90. The van der Waals surface area contributed by atoms with Crippen LogP contribution in [0, 0.1) is 18.8 Å². The number of carbonyl (C=O) groups excluding carboxylic acids is 1. The molecule has 2 atom stereocenters. The second kappa shape index (κ2) is 6.53. The van der Waals surface area contributed by atoms with Crippen molar-refractivity contribution in [2.24, 2.45) is 11.8 Å². The van der Waals surface area contributed by atoms with Crippen molar-refractivity contribution in [3.8, 4) is 0 Å². The fourth-order valence-electron chi connectivity index (χ4n) is 2.80. The Morgan fingerprint density at radius 3 is 2.89 bits per heavy atom. The van der Waals surface area contributed by atoms with Crippen LogP contribution < -0.4 is 5.32 Å². The van der Waals surface area contributed by atoms with Crippen molar-refractivity contribution in [1.29, 1.82) is 0 Å². The third-order valence-corrected chi connectivity index (χ3v) is 4.95. The molecule has 3 nitrogen and oxygen atoms in total. The smallest absolute Gasteiger partial charge is 0.251 e. The Hall–Kier alpha value is -0.870. The summed E-state index contributed by atoms with van der Waals surface area (Å²) in [6.07, 6.45) is 3.33. The number of hydrogen-bond donors (Lipinski definition) is 2. The van der Waals surface area contributed by atoms with Gasteiger partial charge in [-0.05, 0) is 49.3 Å². The van der Waals surface area contributed by atoms with Crippen molar-refractivity contribution in [3.63, 3.8) is 0 Å². The van der Waals surface area contributed by atoms with Crippen molar-refractivity contribution < 1.29 is 9.90 Å². The van der Waals surface area contributed by atoms with Gasteiger partial charge in [0.2, 0.25) is 0 Å². The second-order valence-electron chi connectivity index (χ2n) is 5.26. The Labute approximate surface area is 122 Å². The lowest BCUT2D eigenvalue weighted by molar-refractivity contribution is 0.0937. The average Bonchev–Trinajstić information content (AvgIpc) is 2.86. The summed E-state index contributed by atoms with van der Waals surface area (Å²) in [7, 11) is 0. The third-order valence-electron chi connectivity index (χ3n) is 4.09. The van der Waals surface area contributed by atoms with Crippen LogP contribution in [0.3, 0.4) is 0 Å². The highest BCUT2D eigenvalue weighted by molar-refractivity contribution is 9.10. The quantitative estimate of drug-likeness (QED) is 0.894. The molecule has 4 heteroatoms. The number of aliphatic hydroxyl groups is 1. The van der Waals surface area contributed by atoms with Crippen LogP contribution in [0.25, 0.3) is 0 Å². The van der Waals surface area contributed by atoms with E-state index in [-0.39, 0.29) is 12.5 Å². The molecule has 1 aliphatic rings. The summed E-state index contributed by atoms with van der Waals surface area (Å²) < 4.78 is 0.953. The molecule has 19 heavy (non-hydrogen) atoms. The maximum absolute atomic E-state index is 12.2. The van der Waals surface area contributed by atoms with E-state index in [0.717, 1.165) is 29.3 Å². The first-order valence-corrected chi connectivity index (χ1v) is 7.57. The van der Waals surface area contributed by atoms with Gasteiger partial charge in [-0.2, -0.15) is 0 Å². The summed E-state index contributed by atoms with van der Waals surface area (Å²) in [6.45, 7) is 2.83. The Morgan fingerprint density at radius 1 is 1.42 bits per heavy atom. The largest absolute Gasteiger partial charge is 0.396 e.